The molecule has 0 N–H and O–H groups in total. The van der Waals surface area contributed by atoms with Gasteiger partial charge in [0.25, 0.3) is 5.88 Å². The second-order valence-corrected chi connectivity index (χ2v) is 5.02. The van der Waals surface area contributed by atoms with E-state index in [2.05, 4.69) is 23.8 Å². The van der Waals surface area contributed by atoms with Crippen LogP contribution in [-0.2, 0) is 0 Å². The molecule has 1 aliphatic rings. The molecular formula is C12H17ClN2O. The van der Waals surface area contributed by atoms with Gasteiger partial charge < -0.3 is 4.74 Å². The van der Waals surface area contributed by atoms with Crippen molar-refractivity contribution in [3.05, 3.63) is 17.5 Å². The molecule has 3 atom stereocenters. The molecule has 0 aliphatic heterocycles. The zero-order valence-electron chi connectivity index (χ0n) is 9.69. The van der Waals surface area contributed by atoms with Crippen molar-refractivity contribution in [2.75, 3.05) is 0 Å². The van der Waals surface area contributed by atoms with Crippen molar-refractivity contribution in [1.29, 1.82) is 0 Å². The summed E-state index contributed by atoms with van der Waals surface area (Å²) in [6.07, 6.45) is 6.79. The van der Waals surface area contributed by atoms with Crippen molar-refractivity contribution in [3.63, 3.8) is 0 Å². The molecule has 0 saturated heterocycles. The van der Waals surface area contributed by atoms with Crippen molar-refractivity contribution < 1.29 is 4.74 Å². The Morgan fingerprint density at radius 1 is 1.19 bits per heavy atom. The van der Waals surface area contributed by atoms with Crippen LogP contribution in [0.2, 0.25) is 5.15 Å². The van der Waals surface area contributed by atoms with E-state index in [9.17, 15) is 0 Å². The first-order chi connectivity index (χ1) is 7.66. The third kappa shape index (κ3) is 2.64. The normalized spacial score (nSPS) is 30.1. The monoisotopic (exact) mass is 240 g/mol. The van der Waals surface area contributed by atoms with Crippen molar-refractivity contribution >= 4 is 11.6 Å². The van der Waals surface area contributed by atoms with Crippen molar-refractivity contribution in [1.82, 2.24) is 9.97 Å². The Morgan fingerprint density at radius 2 is 1.94 bits per heavy atom. The molecule has 16 heavy (non-hydrogen) atoms. The maximum absolute atomic E-state index is 5.91. The van der Waals surface area contributed by atoms with E-state index < -0.39 is 0 Å². The largest absolute Gasteiger partial charge is 0.472 e. The van der Waals surface area contributed by atoms with Crippen LogP contribution in [0.1, 0.15) is 33.1 Å². The highest BCUT2D eigenvalue weighted by molar-refractivity contribution is 6.30. The molecule has 1 fully saturated rings. The fraction of sp³-hybridized carbons (Fsp3) is 0.667. The number of hydrogen-bond donors (Lipinski definition) is 0. The molecular weight excluding hydrogens is 224 g/mol. The van der Waals surface area contributed by atoms with Crippen LogP contribution in [0, 0.1) is 11.8 Å². The van der Waals surface area contributed by atoms with Gasteiger partial charge in [-0.25, -0.2) is 9.97 Å². The Hall–Kier alpha value is -0.830. The molecule has 0 spiro atoms. The highest BCUT2D eigenvalue weighted by Gasteiger charge is 2.26. The molecule has 0 aromatic carbocycles. The molecule has 1 heterocycles. The Labute approximate surface area is 101 Å². The van der Waals surface area contributed by atoms with Gasteiger partial charge in [-0.3, -0.25) is 0 Å². The highest BCUT2D eigenvalue weighted by Crippen LogP contribution is 2.32. The van der Waals surface area contributed by atoms with Gasteiger partial charge in [-0.15, -0.1) is 0 Å². The van der Waals surface area contributed by atoms with Gasteiger partial charge in [0.2, 0.25) is 0 Å². The van der Waals surface area contributed by atoms with E-state index in [-0.39, 0.29) is 6.10 Å². The van der Waals surface area contributed by atoms with Gasteiger partial charge in [-0.1, -0.05) is 25.4 Å². The third-order valence-corrected chi connectivity index (χ3v) is 3.71. The number of rotatable bonds is 2. The van der Waals surface area contributed by atoms with Crippen LogP contribution in [0.15, 0.2) is 12.4 Å². The molecule has 0 bridgehead atoms. The van der Waals surface area contributed by atoms with Gasteiger partial charge >= 0.3 is 0 Å². The average Bonchev–Trinajstić information content (AvgIpc) is 2.27. The van der Waals surface area contributed by atoms with Crippen LogP contribution >= 0.6 is 11.6 Å². The first-order valence-electron chi connectivity index (χ1n) is 5.80. The minimum absolute atomic E-state index is 0.236. The number of halogens is 1. The summed E-state index contributed by atoms with van der Waals surface area (Å²) in [5.74, 6) is 1.96. The smallest absolute Gasteiger partial charge is 0.252 e. The minimum Gasteiger partial charge on any atom is -0.472 e. The zero-order chi connectivity index (χ0) is 11.5. The maximum atomic E-state index is 5.91. The molecule has 0 radical (unpaired) electrons. The molecule has 88 valence electrons. The van der Waals surface area contributed by atoms with Crippen LogP contribution in [0.25, 0.3) is 0 Å². The molecule has 1 aromatic rings. The summed E-state index contributed by atoms with van der Waals surface area (Å²) >= 11 is 5.91. The molecule has 1 saturated carbocycles. The summed E-state index contributed by atoms with van der Waals surface area (Å²) in [7, 11) is 0. The lowest BCUT2D eigenvalue weighted by molar-refractivity contribution is 0.0961. The Balaban J connectivity index is 1.98. The van der Waals surface area contributed by atoms with E-state index in [4.69, 9.17) is 16.3 Å². The van der Waals surface area contributed by atoms with Gasteiger partial charge in [-0.2, -0.15) is 0 Å². The predicted molar refractivity (Wildman–Crippen MR) is 63.6 cm³/mol. The van der Waals surface area contributed by atoms with Gasteiger partial charge in [0.05, 0.1) is 0 Å². The van der Waals surface area contributed by atoms with Crippen LogP contribution in [-0.4, -0.2) is 16.1 Å². The molecule has 4 heteroatoms. The lowest BCUT2D eigenvalue weighted by Crippen LogP contribution is -2.29. The lowest BCUT2D eigenvalue weighted by Gasteiger charge is -2.31. The molecule has 2 rings (SSSR count). The van der Waals surface area contributed by atoms with E-state index in [0.29, 0.717) is 17.0 Å². The van der Waals surface area contributed by atoms with Crippen molar-refractivity contribution in [3.8, 4) is 5.88 Å². The molecule has 0 amide bonds. The van der Waals surface area contributed by atoms with Gasteiger partial charge in [0, 0.05) is 12.4 Å². The second kappa shape index (κ2) is 5.00. The number of hydrogen-bond acceptors (Lipinski definition) is 3. The Kier molecular flexibility index (Phi) is 3.64. The number of aromatic nitrogens is 2. The SMILES string of the molecule is CC1CCC(Oc2nccnc2Cl)CC1C. The second-order valence-electron chi connectivity index (χ2n) is 4.66. The van der Waals surface area contributed by atoms with E-state index in [1.807, 2.05) is 0 Å². The standard InChI is InChI=1S/C12H17ClN2O/c1-8-3-4-10(7-9(8)2)16-12-11(13)14-5-6-15-12/h5-6,8-10H,3-4,7H2,1-2H3. The van der Waals surface area contributed by atoms with E-state index in [1.54, 1.807) is 12.4 Å². The highest BCUT2D eigenvalue weighted by atomic mass is 35.5. The molecule has 3 nitrogen and oxygen atoms in total. The summed E-state index contributed by atoms with van der Waals surface area (Å²) < 4.78 is 5.80. The summed E-state index contributed by atoms with van der Waals surface area (Å²) in [4.78, 5) is 8.06. The summed E-state index contributed by atoms with van der Waals surface area (Å²) in [5, 5.41) is 0.355. The summed E-state index contributed by atoms with van der Waals surface area (Å²) in [5.41, 5.74) is 0. The first-order valence-corrected chi connectivity index (χ1v) is 6.17. The van der Waals surface area contributed by atoms with E-state index in [1.165, 1.54) is 6.42 Å². The van der Waals surface area contributed by atoms with Crippen LogP contribution < -0.4 is 4.74 Å². The zero-order valence-corrected chi connectivity index (χ0v) is 10.4. The minimum atomic E-state index is 0.236. The third-order valence-electron chi connectivity index (χ3n) is 3.45. The quantitative estimate of drug-likeness (QED) is 0.795. The average molecular weight is 241 g/mol. The van der Waals surface area contributed by atoms with Gasteiger partial charge in [0.1, 0.15) is 6.10 Å². The van der Waals surface area contributed by atoms with Crippen LogP contribution in [0.4, 0.5) is 0 Å². The molecule has 1 aromatic heterocycles. The Bertz CT molecular complexity index is 359. The van der Waals surface area contributed by atoms with E-state index >= 15 is 0 Å². The van der Waals surface area contributed by atoms with Gasteiger partial charge in [-0.05, 0) is 31.1 Å². The fourth-order valence-electron chi connectivity index (χ4n) is 2.15. The predicted octanol–water partition coefficient (Wildman–Crippen LogP) is 3.33. The fourth-order valence-corrected chi connectivity index (χ4v) is 2.30. The van der Waals surface area contributed by atoms with Gasteiger partial charge in [0.15, 0.2) is 5.15 Å². The summed E-state index contributed by atoms with van der Waals surface area (Å²) in [6, 6.07) is 0. The van der Waals surface area contributed by atoms with Crippen molar-refractivity contribution in [2.45, 2.75) is 39.2 Å². The molecule has 1 aliphatic carbocycles. The maximum Gasteiger partial charge on any atom is 0.252 e. The van der Waals surface area contributed by atoms with Crippen molar-refractivity contribution in [2.24, 2.45) is 11.8 Å². The lowest BCUT2D eigenvalue weighted by atomic mass is 9.80. The van der Waals surface area contributed by atoms with E-state index in [0.717, 1.165) is 18.8 Å². The first kappa shape index (κ1) is 11.6. The van der Waals surface area contributed by atoms with Crippen LogP contribution in [0.3, 0.4) is 0 Å². The van der Waals surface area contributed by atoms with Crippen LogP contribution in [0.5, 0.6) is 5.88 Å². The summed E-state index contributed by atoms with van der Waals surface area (Å²) in [6.45, 7) is 4.58. The topological polar surface area (TPSA) is 35.0 Å². The Morgan fingerprint density at radius 3 is 2.62 bits per heavy atom. The molecule has 3 unspecified atom stereocenters. The number of nitrogens with zero attached hydrogens (tertiary/aromatic N) is 2. The number of ether oxygens (including phenoxy) is 1.